The molecule has 9 nitrogen and oxygen atoms in total. The predicted molar refractivity (Wildman–Crippen MR) is 115 cm³/mol. The highest BCUT2D eigenvalue weighted by Gasteiger charge is 2.20. The van der Waals surface area contributed by atoms with E-state index in [2.05, 4.69) is 25.9 Å². The van der Waals surface area contributed by atoms with Gasteiger partial charge in [0.1, 0.15) is 11.6 Å². The van der Waals surface area contributed by atoms with Crippen molar-refractivity contribution in [3.8, 4) is 11.4 Å². The maximum Gasteiger partial charge on any atom is 0.239 e. The first-order valence-electron chi connectivity index (χ1n) is 10.1. The van der Waals surface area contributed by atoms with Crippen molar-refractivity contribution in [2.45, 2.75) is 25.9 Å². The van der Waals surface area contributed by atoms with Crippen LogP contribution in [0.4, 0.5) is 11.6 Å². The third-order valence-electron chi connectivity index (χ3n) is 4.68. The summed E-state index contributed by atoms with van der Waals surface area (Å²) in [4.78, 5) is 34.5. The van der Waals surface area contributed by atoms with Crippen molar-refractivity contribution >= 4 is 23.5 Å². The molecule has 0 spiro atoms. The summed E-state index contributed by atoms with van der Waals surface area (Å²) in [5, 5.41) is 18.5. The number of anilines is 2. The van der Waals surface area contributed by atoms with Crippen LogP contribution in [0.3, 0.4) is 0 Å². The van der Waals surface area contributed by atoms with Gasteiger partial charge in [0.2, 0.25) is 11.8 Å². The molecule has 1 atom stereocenters. The van der Waals surface area contributed by atoms with Crippen molar-refractivity contribution in [3.63, 3.8) is 0 Å². The van der Waals surface area contributed by atoms with E-state index in [-0.39, 0.29) is 24.5 Å². The summed E-state index contributed by atoms with van der Waals surface area (Å²) >= 11 is 0. The van der Waals surface area contributed by atoms with Crippen LogP contribution in [0.2, 0.25) is 0 Å². The second-order valence-corrected chi connectivity index (χ2v) is 7.32. The fraction of sp³-hybridized carbons (Fsp3) is 0.429. The van der Waals surface area contributed by atoms with Gasteiger partial charge >= 0.3 is 0 Å². The molecule has 1 aliphatic rings. The molecule has 30 heavy (non-hydrogen) atoms. The molecule has 3 rings (SSSR count). The van der Waals surface area contributed by atoms with Gasteiger partial charge in [0, 0.05) is 38.2 Å². The number of carbonyl (C=O) groups excluding carboxylic acids is 2. The van der Waals surface area contributed by atoms with Crippen LogP contribution >= 0.6 is 0 Å². The summed E-state index contributed by atoms with van der Waals surface area (Å²) < 4.78 is 0. The molecule has 2 aromatic rings. The lowest BCUT2D eigenvalue weighted by Gasteiger charge is -2.29. The van der Waals surface area contributed by atoms with Crippen LogP contribution in [0.25, 0.3) is 11.4 Å². The second-order valence-electron chi connectivity index (χ2n) is 7.32. The van der Waals surface area contributed by atoms with E-state index in [9.17, 15) is 14.7 Å². The Bertz CT molecular complexity index is 861. The Balaban J connectivity index is 1.70. The van der Waals surface area contributed by atoms with Crippen LogP contribution in [0.15, 0.2) is 36.4 Å². The number of amides is 2. The summed E-state index contributed by atoms with van der Waals surface area (Å²) in [6.07, 6.45) is 1.27. The highest BCUT2D eigenvalue weighted by atomic mass is 16.3. The number of hydrogen-bond acceptors (Lipinski definition) is 7. The van der Waals surface area contributed by atoms with Crippen molar-refractivity contribution in [1.29, 1.82) is 0 Å². The highest BCUT2D eigenvalue weighted by Crippen LogP contribution is 2.20. The molecule has 0 aliphatic carbocycles. The SMILES string of the molecule is CC(=O)NCCNc1cc(NC(=O)CN2CCCC(O)C2)nc(-c2ccccc2)n1. The first-order chi connectivity index (χ1) is 14.5. The number of benzene rings is 1. The molecule has 1 aromatic carbocycles. The number of aliphatic hydroxyl groups excluding tert-OH is 1. The maximum atomic E-state index is 12.5. The number of hydrogen-bond donors (Lipinski definition) is 4. The predicted octanol–water partition coefficient (Wildman–Crippen LogP) is 1.09. The van der Waals surface area contributed by atoms with Crippen LogP contribution in [-0.2, 0) is 9.59 Å². The van der Waals surface area contributed by atoms with Gasteiger partial charge in [-0.2, -0.15) is 0 Å². The summed E-state index contributed by atoms with van der Waals surface area (Å²) in [6.45, 7) is 3.91. The minimum absolute atomic E-state index is 0.0970. The van der Waals surface area contributed by atoms with Crippen molar-refractivity contribution in [2.24, 2.45) is 0 Å². The van der Waals surface area contributed by atoms with E-state index in [1.54, 1.807) is 6.07 Å². The first kappa shape index (κ1) is 21.7. The zero-order valence-corrected chi connectivity index (χ0v) is 17.1. The molecule has 2 amide bonds. The average molecular weight is 412 g/mol. The van der Waals surface area contributed by atoms with Crippen molar-refractivity contribution in [3.05, 3.63) is 36.4 Å². The minimum Gasteiger partial charge on any atom is -0.392 e. The topological polar surface area (TPSA) is 119 Å². The number of aromatic nitrogens is 2. The minimum atomic E-state index is -0.380. The van der Waals surface area contributed by atoms with Gasteiger partial charge in [-0.1, -0.05) is 30.3 Å². The zero-order chi connectivity index (χ0) is 21.3. The van der Waals surface area contributed by atoms with Gasteiger partial charge in [0.15, 0.2) is 5.82 Å². The molecule has 1 unspecified atom stereocenters. The number of piperidine rings is 1. The molecular weight excluding hydrogens is 384 g/mol. The third-order valence-corrected chi connectivity index (χ3v) is 4.68. The Morgan fingerprint density at radius 2 is 1.93 bits per heavy atom. The molecule has 0 radical (unpaired) electrons. The smallest absolute Gasteiger partial charge is 0.239 e. The van der Waals surface area contributed by atoms with Crippen LogP contribution in [0.1, 0.15) is 19.8 Å². The second kappa shape index (κ2) is 10.7. The molecule has 160 valence electrons. The number of β-amino-alcohol motifs (C(OH)–C–C–N with tert-alkyl or cyclic N) is 1. The lowest BCUT2D eigenvalue weighted by molar-refractivity contribution is -0.119. The number of nitrogens with one attached hydrogen (secondary N) is 3. The van der Waals surface area contributed by atoms with Crippen molar-refractivity contribution in [2.75, 3.05) is 43.4 Å². The average Bonchev–Trinajstić information content (AvgIpc) is 2.71. The Hall–Kier alpha value is -3.04. The van der Waals surface area contributed by atoms with Crippen molar-refractivity contribution in [1.82, 2.24) is 20.2 Å². The molecule has 9 heteroatoms. The Kier molecular flexibility index (Phi) is 7.69. The van der Waals surface area contributed by atoms with Gasteiger partial charge in [0.25, 0.3) is 0 Å². The van der Waals surface area contributed by atoms with Gasteiger partial charge in [-0.15, -0.1) is 0 Å². The van der Waals surface area contributed by atoms with Crippen LogP contribution in [-0.4, -0.2) is 70.6 Å². The van der Waals surface area contributed by atoms with Gasteiger partial charge < -0.3 is 21.1 Å². The first-order valence-corrected chi connectivity index (χ1v) is 10.1. The fourth-order valence-corrected chi connectivity index (χ4v) is 3.31. The lowest BCUT2D eigenvalue weighted by Crippen LogP contribution is -2.42. The third kappa shape index (κ3) is 6.78. The molecule has 2 heterocycles. The summed E-state index contributed by atoms with van der Waals surface area (Å²) in [7, 11) is 0. The molecule has 1 aromatic heterocycles. The summed E-state index contributed by atoms with van der Waals surface area (Å²) in [6, 6.07) is 11.2. The normalized spacial score (nSPS) is 16.7. The van der Waals surface area contributed by atoms with E-state index in [0.29, 0.717) is 37.1 Å². The highest BCUT2D eigenvalue weighted by molar-refractivity contribution is 5.92. The number of aliphatic hydroxyl groups is 1. The molecule has 1 fully saturated rings. The van der Waals surface area contributed by atoms with E-state index in [0.717, 1.165) is 24.9 Å². The number of rotatable bonds is 8. The van der Waals surface area contributed by atoms with E-state index in [4.69, 9.17) is 0 Å². The van der Waals surface area contributed by atoms with E-state index < -0.39 is 0 Å². The number of likely N-dealkylation sites (tertiary alicyclic amines) is 1. The molecular formula is C21H28N6O3. The molecule has 0 saturated carbocycles. The lowest BCUT2D eigenvalue weighted by atomic mass is 10.1. The maximum absolute atomic E-state index is 12.5. The monoisotopic (exact) mass is 412 g/mol. The van der Waals surface area contributed by atoms with Gasteiger partial charge in [-0.3, -0.25) is 14.5 Å². The van der Waals surface area contributed by atoms with Gasteiger partial charge in [-0.05, 0) is 19.4 Å². The molecule has 4 N–H and O–H groups in total. The van der Waals surface area contributed by atoms with E-state index in [1.807, 2.05) is 35.2 Å². The summed E-state index contributed by atoms with van der Waals surface area (Å²) in [5.74, 6) is 1.15. The number of carbonyl (C=O) groups is 2. The molecule has 1 aliphatic heterocycles. The zero-order valence-electron chi connectivity index (χ0n) is 17.1. The van der Waals surface area contributed by atoms with Crippen LogP contribution in [0, 0.1) is 0 Å². The van der Waals surface area contributed by atoms with Gasteiger partial charge in [0.05, 0.1) is 12.6 Å². The molecule has 0 bridgehead atoms. The van der Waals surface area contributed by atoms with Crippen LogP contribution < -0.4 is 16.0 Å². The Morgan fingerprint density at radius 1 is 1.17 bits per heavy atom. The summed E-state index contributed by atoms with van der Waals surface area (Å²) in [5.41, 5.74) is 0.831. The van der Waals surface area contributed by atoms with Crippen molar-refractivity contribution < 1.29 is 14.7 Å². The Labute approximate surface area is 175 Å². The number of nitrogens with zero attached hydrogens (tertiary/aromatic N) is 3. The standard InChI is InChI=1S/C21H28N6O3/c1-15(28)22-9-10-23-18-12-19(26-21(25-18)16-6-3-2-4-7-16)24-20(30)14-27-11-5-8-17(29)13-27/h2-4,6-7,12,17,29H,5,8-11,13-14H2,1H3,(H,22,28)(H2,23,24,25,26,30). The quantitative estimate of drug-likeness (QED) is 0.479. The van der Waals surface area contributed by atoms with E-state index >= 15 is 0 Å². The van der Waals surface area contributed by atoms with Gasteiger partial charge in [-0.25, -0.2) is 9.97 Å². The van der Waals surface area contributed by atoms with E-state index in [1.165, 1.54) is 6.92 Å². The fourth-order valence-electron chi connectivity index (χ4n) is 3.31. The molecule has 1 saturated heterocycles. The Morgan fingerprint density at radius 3 is 2.67 bits per heavy atom. The van der Waals surface area contributed by atoms with Crippen LogP contribution in [0.5, 0.6) is 0 Å². The largest absolute Gasteiger partial charge is 0.392 e.